The normalized spacial score (nSPS) is 25.1. The Bertz CT molecular complexity index is 355. The van der Waals surface area contributed by atoms with Gasteiger partial charge in [0.05, 0.1) is 0 Å². The van der Waals surface area contributed by atoms with Crippen LogP contribution in [0.2, 0.25) is 0 Å². The zero-order chi connectivity index (χ0) is 12.3. The lowest BCUT2D eigenvalue weighted by molar-refractivity contribution is -0.134. The monoisotopic (exact) mass is 234 g/mol. The SMILES string of the molecule is C#CCCCN1CCC(=O)NC(C2CC2)C1=O. The molecule has 0 radical (unpaired) electrons. The molecule has 2 amide bonds. The molecule has 4 nitrogen and oxygen atoms in total. The second-order valence-electron chi connectivity index (χ2n) is 4.77. The van der Waals surface area contributed by atoms with Gasteiger partial charge in [0.25, 0.3) is 0 Å². The Balaban J connectivity index is 1.97. The zero-order valence-electron chi connectivity index (χ0n) is 9.95. The quantitative estimate of drug-likeness (QED) is 0.569. The Labute approximate surface area is 102 Å². The van der Waals surface area contributed by atoms with Crippen LogP contribution in [0.5, 0.6) is 0 Å². The number of hydrogen-bond acceptors (Lipinski definition) is 2. The minimum atomic E-state index is -0.282. The molecule has 2 rings (SSSR count). The van der Waals surface area contributed by atoms with Crippen molar-refractivity contribution < 1.29 is 9.59 Å². The third kappa shape index (κ3) is 3.00. The van der Waals surface area contributed by atoms with Crippen molar-refractivity contribution in [3.05, 3.63) is 0 Å². The van der Waals surface area contributed by atoms with Gasteiger partial charge in [0.1, 0.15) is 6.04 Å². The van der Waals surface area contributed by atoms with Crippen LogP contribution in [0.15, 0.2) is 0 Å². The van der Waals surface area contributed by atoms with Gasteiger partial charge in [0, 0.05) is 25.9 Å². The van der Waals surface area contributed by atoms with E-state index in [0.717, 1.165) is 19.3 Å². The van der Waals surface area contributed by atoms with Crippen LogP contribution in [-0.2, 0) is 9.59 Å². The highest BCUT2D eigenvalue weighted by molar-refractivity contribution is 5.90. The van der Waals surface area contributed by atoms with Crippen LogP contribution in [-0.4, -0.2) is 35.8 Å². The lowest BCUT2D eigenvalue weighted by Crippen LogP contribution is -2.46. The van der Waals surface area contributed by atoms with Crippen molar-refractivity contribution in [1.29, 1.82) is 0 Å². The Kier molecular flexibility index (Phi) is 3.68. The predicted octanol–water partition coefficient (Wildman–Crippen LogP) is 0.527. The lowest BCUT2D eigenvalue weighted by Gasteiger charge is -2.23. The highest BCUT2D eigenvalue weighted by atomic mass is 16.2. The number of amides is 2. The Morgan fingerprint density at radius 2 is 2.18 bits per heavy atom. The van der Waals surface area contributed by atoms with E-state index in [9.17, 15) is 9.59 Å². The first kappa shape index (κ1) is 12.0. The fourth-order valence-corrected chi connectivity index (χ4v) is 2.19. The second kappa shape index (κ2) is 5.22. The van der Waals surface area contributed by atoms with Gasteiger partial charge in [-0.05, 0) is 25.2 Å². The topological polar surface area (TPSA) is 49.4 Å². The smallest absolute Gasteiger partial charge is 0.245 e. The van der Waals surface area contributed by atoms with Crippen LogP contribution in [0, 0.1) is 18.3 Å². The van der Waals surface area contributed by atoms with E-state index >= 15 is 0 Å². The van der Waals surface area contributed by atoms with Crippen LogP contribution in [0.3, 0.4) is 0 Å². The van der Waals surface area contributed by atoms with Crippen molar-refractivity contribution in [1.82, 2.24) is 10.2 Å². The number of terminal acetylenes is 1. The number of carbonyl (C=O) groups is 2. The molecule has 2 aliphatic rings. The molecule has 0 aromatic heterocycles. The van der Waals surface area contributed by atoms with Gasteiger partial charge in [0.15, 0.2) is 0 Å². The van der Waals surface area contributed by atoms with Gasteiger partial charge in [-0.15, -0.1) is 12.3 Å². The molecule has 17 heavy (non-hydrogen) atoms. The van der Waals surface area contributed by atoms with Gasteiger partial charge < -0.3 is 10.2 Å². The molecule has 1 unspecified atom stereocenters. The van der Waals surface area contributed by atoms with Crippen molar-refractivity contribution in [2.45, 2.75) is 38.1 Å². The maximum absolute atomic E-state index is 12.2. The van der Waals surface area contributed by atoms with Gasteiger partial charge in [-0.1, -0.05) is 0 Å². The van der Waals surface area contributed by atoms with Crippen molar-refractivity contribution in [3.63, 3.8) is 0 Å². The van der Waals surface area contributed by atoms with E-state index in [2.05, 4.69) is 11.2 Å². The minimum absolute atomic E-state index is 0.00491. The summed E-state index contributed by atoms with van der Waals surface area (Å²) in [5, 5.41) is 2.84. The molecule has 1 aliphatic carbocycles. The summed E-state index contributed by atoms with van der Waals surface area (Å²) in [5.41, 5.74) is 0. The van der Waals surface area contributed by atoms with Crippen molar-refractivity contribution in [2.24, 2.45) is 5.92 Å². The standard InChI is InChI=1S/C13H18N2O2/c1-2-3-4-8-15-9-7-11(16)14-12(13(15)17)10-5-6-10/h1,10,12H,3-9H2,(H,14,16). The largest absolute Gasteiger partial charge is 0.344 e. The van der Waals surface area contributed by atoms with E-state index in [1.165, 1.54) is 0 Å². The highest BCUT2D eigenvalue weighted by Gasteiger charge is 2.40. The van der Waals surface area contributed by atoms with E-state index in [4.69, 9.17) is 6.42 Å². The summed E-state index contributed by atoms with van der Waals surface area (Å²) in [6, 6.07) is -0.282. The molecular formula is C13H18N2O2. The Morgan fingerprint density at radius 1 is 1.41 bits per heavy atom. The van der Waals surface area contributed by atoms with E-state index < -0.39 is 0 Å². The Morgan fingerprint density at radius 3 is 2.82 bits per heavy atom. The molecule has 1 atom stereocenters. The summed E-state index contributed by atoms with van der Waals surface area (Å²) in [6.07, 6.45) is 9.20. The number of rotatable bonds is 4. The first-order valence-corrected chi connectivity index (χ1v) is 6.24. The first-order valence-electron chi connectivity index (χ1n) is 6.24. The maximum atomic E-state index is 12.2. The molecule has 0 aromatic rings. The van der Waals surface area contributed by atoms with Gasteiger partial charge in [-0.3, -0.25) is 9.59 Å². The van der Waals surface area contributed by atoms with Gasteiger partial charge in [-0.25, -0.2) is 0 Å². The molecule has 1 saturated carbocycles. The number of unbranched alkanes of at least 4 members (excludes halogenated alkanes) is 1. The van der Waals surface area contributed by atoms with Gasteiger partial charge in [-0.2, -0.15) is 0 Å². The zero-order valence-corrected chi connectivity index (χ0v) is 9.95. The summed E-state index contributed by atoms with van der Waals surface area (Å²) in [7, 11) is 0. The predicted molar refractivity (Wildman–Crippen MR) is 63.9 cm³/mol. The van der Waals surface area contributed by atoms with Crippen LogP contribution in [0.1, 0.15) is 32.1 Å². The molecule has 1 heterocycles. The number of hydrogen-bond donors (Lipinski definition) is 1. The summed E-state index contributed by atoms with van der Waals surface area (Å²) in [6.45, 7) is 1.19. The van der Waals surface area contributed by atoms with E-state index in [1.54, 1.807) is 4.90 Å². The molecule has 1 N–H and O–H groups in total. The van der Waals surface area contributed by atoms with Gasteiger partial charge in [0.2, 0.25) is 11.8 Å². The molecule has 0 spiro atoms. The molecule has 92 valence electrons. The average molecular weight is 234 g/mol. The molecule has 4 heteroatoms. The fraction of sp³-hybridized carbons (Fsp3) is 0.692. The van der Waals surface area contributed by atoms with E-state index in [-0.39, 0.29) is 17.9 Å². The minimum Gasteiger partial charge on any atom is -0.344 e. The molecule has 1 saturated heterocycles. The summed E-state index contributed by atoms with van der Waals surface area (Å²) >= 11 is 0. The van der Waals surface area contributed by atoms with Crippen molar-refractivity contribution in [2.75, 3.05) is 13.1 Å². The molecule has 0 aromatic carbocycles. The van der Waals surface area contributed by atoms with Crippen LogP contribution in [0.4, 0.5) is 0 Å². The van der Waals surface area contributed by atoms with Crippen molar-refractivity contribution >= 4 is 11.8 Å². The Hall–Kier alpha value is -1.50. The summed E-state index contributed by atoms with van der Waals surface area (Å²) in [4.78, 5) is 25.5. The van der Waals surface area contributed by atoms with Gasteiger partial charge >= 0.3 is 0 Å². The summed E-state index contributed by atoms with van der Waals surface area (Å²) < 4.78 is 0. The van der Waals surface area contributed by atoms with Crippen LogP contribution >= 0.6 is 0 Å². The second-order valence-corrected chi connectivity index (χ2v) is 4.77. The molecule has 0 bridgehead atoms. The molecule has 1 aliphatic heterocycles. The fourth-order valence-electron chi connectivity index (χ4n) is 2.19. The van der Waals surface area contributed by atoms with Crippen LogP contribution in [0.25, 0.3) is 0 Å². The summed E-state index contributed by atoms with van der Waals surface area (Å²) in [5.74, 6) is 3.01. The number of nitrogens with zero attached hydrogens (tertiary/aromatic N) is 1. The highest BCUT2D eigenvalue weighted by Crippen LogP contribution is 2.34. The first-order chi connectivity index (χ1) is 8.22. The maximum Gasteiger partial charge on any atom is 0.245 e. The van der Waals surface area contributed by atoms with Crippen LogP contribution < -0.4 is 5.32 Å². The number of carbonyl (C=O) groups excluding carboxylic acids is 2. The van der Waals surface area contributed by atoms with E-state index in [1.807, 2.05) is 0 Å². The number of nitrogens with one attached hydrogen (secondary N) is 1. The molecular weight excluding hydrogens is 216 g/mol. The molecule has 2 fully saturated rings. The lowest BCUT2D eigenvalue weighted by atomic mass is 10.1. The average Bonchev–Trinajstić information content (AvgIpc) is 3.13. The third-order valence-electron chi connectivity index (χ3n) is 3.35. The van der Waals surface area contributed by atoms with E-state index in [0.29, 0.717) is 31.8 Å². The third-order valence-corrected chi connectivity index (χ3v) is 3.35. The van der Waals surface area contributed by atoms with Crippen molar-refractivity contribution in [3.8, 4) is 12.3 Å².